The van der Waals surface area contributed by atoms with Crippen molar-refractivity contribution < 1.29 is 28.8 Å². The number of unbranched alkanes of at least 4 members (excludes halogenated alkanes) is 1. The lowest BCUT2D eigenvalue weighted by Crippen LogP contribution is -2.59. The van der Waals surface area contributed by atoms with E-state index in [-0.39, 0.29) is 32.1 Å². The van der Waals surface area contributed by atoms with E-state index in [9.17, 15) is 28.8 Å². The molecular formula is C46H56N12O6. The molecule has 3 heterocycles. The van der Waals surface area contributed by atoms with E-state index in [1.54, 1.807) is 42.9 Å². The maximum absolute atomic E-state index is 14.4. The zero-order valence-electron chi connectivity index (χ0n) is 35.6. The molecule has 0 bridgehead atoms. The maximum Gasteiger partial charge on any atom is 0.243 e. The molecule has 0 aliphatic heterocycles. The largest absolute Gasteiger partial charge is 0.368 e. The summed E-state index contributed by atoms with van der Waals surface area (Å²) in [6, 6.07) is 17.2. The van der Waals surface area contributed by atoms with E-state index < -0.39 is 71.7 Å². The quantitative estimate of drug-likeness (QED) is 0.0409. The molecule has 0 aliphatic carbocycles. The summed E-state index contributed by atoms with van der Waals surface area (Å²) in [5.41, 5.74) is 22.0. The number of carbonyl (C=O) groups excluding carboxylic acids is 6. The molecule has 6 rings (SSSR count). The molecule has 0 aliphatic rings. The molecule has 0 saturated carbocycles. The van der Waals surface area contributed by atoms with Crippen LogP contribution in [-0.4, -0.2) is 98.2 Å². The number of para-hydroxylation sites is 2. The molecule has 18 heteroatoms. The number of aromatic nitrogens is 4. The molecule has 6 aromatic rings. The number of rotatable bonds is 23. The second-order valence-corrected chi connectivity index (χ2v) is 15.9. The first-order chi connectivity index (χ1) is 30.9. The minimum Gasteiger partial charge on any atom is -0.368 e. The minimum atomic E-state index is -1.25. The summed E-state index contributed by atoms with van der Waals surface area (Å²) in [7, 11) is 0. The second kappa shape index (κ2) is 22.2. The van der Waals surface area contributed by atoms with Crippen LogP contribution in [0, 0.1) is 0 Å². The highest BCUT2D eigenvalue weighted by molar-refractivity contribution is 5.97. The van der Waals surface area contributed by atoms with Crippen LogP contribution in [0.1, 0.15) is 48.6 Å². The van der Waals surface area contributed by atoms with Gasteiger partial charge in [0.2, 0.25) is 35.4 Å². The fraction of sp³-hybridized carbons (Fsp3) is 0.326. The number of hydrogen-bond donors (Lipinski definition) is 11. The summed E-state index contributed by atoms with van der Waals surface area (Å²) in [5, 5.41) is 15.5. The Balaban J connectivity index is 1.22. The van der Waals surface area contributed by atoms with Crippen LogP contribution >= 0.6 is 0 Å². The van der Waals surface area contributed by atoms with Crippen molar-refractivity contribution in [2.45, 2.75) is 88.1 Å². The van der Waals surface area contributed by atoms with Crippen LogP contribution in [0.3, 0.4) is 0 Å². The van der Waals surface area contributed by atoms with Crippen LogP contribution in [0.15, 0.2) is 104 Å². The van der Waals surface area contributed by atoms with Gasteiger partial charge in [-0.15, -0.1) is 0 Å². The van der Waals surface area contributed by atoms with Crippen LogP contribution < -0.4 is 43.8 Å². The highest BCUT2D eigenvalue weighted by Gasteiger charge is 2.33. The fourth-order valence-corrected chi connectivity index (χ4v) is 7.52. The summed E-state index contributed by atoms with van der Waals surface area (Å²) in [6.45, 7) is 1.87. The summed E-state index contributed by atoms with van der Waals surface area (Å²) >= 11 is 0. The van der Waals surface area contributed by atoms with Crippen LogP contribution in [0.2, 0.25) is 0 Å². The van der Waals surface area contributed by atoms with E-state index in [1.807, 2.05) is 54.6 Å². The summed E-state index contributed by atoms with van der Waals surface area (Å²) < 4.78 is 0. The number of fused-ring (bicyclic) bond motifs is 2. The van der Waals surface area contributed by atoms with Gasteiger partial charge in [-0.2, -0.15) is 0 Å². The van der Waals surface area contributed by atoms with Crippen molar-refractivity contribution in [2.24, 2.45) is 17.2 Å². The third-order valence-corrected chi connectivity index (χ3v) is 11.1. The van der Waals surface area contributed by atoms with E-state index >= 15 is 0 Å². The molecule has 0 fully saturated rings. The van der Waals surface area contributed by atoms with Gasteiger partial charge in [-0.05, 0) is 61.6 Å². The smallest absolute Gasteiger partial charge is 0.243 e. The predicted octanol–water partition coefficient (Wildman–Crippen LogP) is 1.03. The number of aromatic amines is 3. The first-order valence-corrected chi connectivity index (χ1v) is 21.3. The Labute approximate surface area is 369 Å². The molecule has 3 aromatic carbocycles. The number of H-pyrrole nitrogens is 3. The highest BCUT2D eigenvalue weighted by atomic mass is 16.2. The monoisotopic (exact) mass is 872 g/mol. The fourth-order valence-electron chi connectivity index (χ4n) is 7.52. The first kappa shape index (κ1) is 46.2. The Kier molecular flexibility index (Phi) is 16.0. The van der Waals surface area contributed by atoms with Gasteiger partial charge in [-0.3, -0.25) is 28.8 Å². The molecule has 14 N–H and O–H groups in total. The van der Waals surface area contributed by atoms with Crippen molar-refractivity contribution in [1.82, 2.24) is 46.5 Å². The van der Waals surface area contributed by atoms with Gasteiger partial charge in [0.25, 0.3) is 0 Å². The molecule has 4 unspecified atom stereocenters. The summed E-state index contributed by atoms with van der Waals surface area (Å²) in [5.74, 6) is -4.02. The average molecular weight is 873 g/mol. The molecule has 6 atom stereocenters. The Morgan fingerprint density at radius 3 is 1.67 bits per heavy atom. The predicted molar refractivity (Wildman–Crippen MR) is 242 cm³/mol. The van der Waals surface area contributed by atoms with Gasteiger partial charge >= 0.3 is 0 Å². The number of benzene rings is 3. The van der Waals surface area contributed by atoms with Crippen molar-refractivity contribution in [3.63, 3.8) is 0 Å². The zero-order valence-corrected chi connectivity index (χ0v) is 35.6. The average Bonchev–Trinajstić information content (AvgIpc) is 4.06. The molecule has 0 saturated heterocycles. The highest BCUT2D eigenvalue weighted by Crippen LogP contribution is 2.21. The lowest BCUT2D eigenvalue weighted by atomic mass is 10.0. The number of nitrogens with two attached hydrogens (primary N) is 3. The first-order valence-electron chi connectivity index (χ1n) is 21.3. The third kappa shape index (κ3) is 12.4. The summed E-state index contributed by atoms with van der Waals surface area (Å²) in [4.78, 5) is 95.6. The number of hydrogen-bond acceptors (Lipinski definition) is 9. The summed E-state index contributed by atoms with van der Waals surface area (Å²) in [6.07, 6.45) is 8.21. The molecular weight excluding hydrogens is 817 g/mol. The second-order valence-electron chi connectivity index (χ2n) is 15.9. The molecule has 0 radical (unpaired) electrons. The number of nitrogens with zero attached hydrogens (tertiary/aromatic N) is 1. The van der Waals surface area contributed by atoms with Gasteiger partial charge in [-0.1, -0.05) is 66.7 Å². The van der Waals surface area contributed by atoms with Crippen LogP contribution in [0.25, 0.3) is 21.8 Å². The van der Waals surface area contributed by atoms with Gasteiger partial charge < -0.3 is 58.7 Å². The van der Waals surface area contributed by atoms with Crippen LogP contribution in [0.5, 0.6) is 0 Å². The van der Waals surface area contributed by atoms with Gasteiger partial charge in [-0.25, -0.2) is 4.98 Å². The number of amides is 6. The normalized spacial score (nSPS) is 14.1. The minimum absolute atomic E-state index is 0.00159. The van der Waals surface area contributed by atoms with Crippen LogP contribution in [0.4, 0.5) is 0 Å². The Bertz CT molecular complexity index is 2520. The van der Waals surface area contributed by atoms with Crippen molar-refractivity contribution >= 4 is 57.2 Å². The van der Waals surface area contributed by atoms with Crippen molar-refractivity contribution in [3.05, 3.63) is 126 Å². The Morgan fingerprint density at radius 1 is 0.594 bits per heavy atom. The third-order valence-electron chi connectivity index (χ3n) is 11.1. The van der Waals surface area contributed by atoms with E-state index in [1.165, 1.54) is 13.3 Å². The standard InChI is InChI=1S/C46H56N12O6/c1-27(54-44(62)39(20-29-23-51-35-15-7-5-13-32(29)35)57-43(61)34(48)22-31-25-50-26-53-31)42(60)56-40(21-30-24-52-36-16-8-6-14-33(30)36)46(64)58-38(19-28-11-3-2-4-12-28)45(63)55-37(41(49)59)17-9-10-18-47/h2-8,11-16,23-27,34,37-40,51-52H,9-10,17-22,47-48H2,1H3,(H2,49,59)(H,50,53)(H,54,62)(H,55,63)(H,56,60)(H,57,61)(H,58,64)/t27?,34?,37?,38-,39-,40?/m1/s1. The number of primary amides is 1. The molecule has 18 nitrogen and oxygen atoms in total. The van der Waals surface area contributed by atoms with E-state index in [4.69, 9.17) is 17.2 Å². The lowest BCUT2D eigenvalue weighted by Gasteiger charge is -2.26. The van der Waals surface area contributed by atoms with E-state index in [0.29, 0.717) is 30.6 Å². The van der Waals surface area contributed by atoms with Crippen molar-refractivity contribution in [2.75, 3.05) is 6.54 Å². The topological polar surface area (TPSA) is 301 Å². The zero-order chi connectivity index (χ0) is 45.6. The molecule has 64 heavy (non-hydrogen) atoms. The number of imidazole rings is 1. The van der Waals surface area contributed by atoms with Gasteiger partial charge in [0.1, 0.15) is 30.2 Å². The Hall–Kier alpha value is -7.31. The van der Waals surface area contributed by atoms with E-state index in [2.05, 4.69) is 46.5 Å². The molecule has 0 spiro atoms. The van der Waals surface area contributed by atoms with Crippen LogP contribution in [-0.2, 0) is 54.5 Å². The van der Waals surface area contributed by atoms with Crippen molar-refractivity contribution in [3.8, 4) is 0 Å². The number of nitrogens with one attached hydrogen (secondary N) is 8. The van der Waals surface area contributed by atoms with Gasteiger partial charge in [0.15, 0.2) is 0 Å². The SMILES string of the molecule is CC(NC(=O)[C@@H](Cc1c[nH]c2ccccc12)NC(=O)C(N)Cc1cnc[nH]1)C(=O)NC(Cc1c[nH]c2ccccc12)C(=O)N[C@H](Cc1ccccc1)C(=O)NC(CCCCN)C(N)=O. The van der Waals surface area contributed by atoms with Gasteiger partial charge in [0.05, 0.1) is 12.4 Å². The lowest BCUT2D eigenvalue weighted by molar-refractivity contribution is -0.134. The van der Waals surface area contributed by atoms with E-state index in [0.717, 1.165) is 32.9 Å². The molecule has 6 amide bonds. The number of carbonyl (C=O) groups is 6. The molecule has 3 aromatic heterocycles. The van der Waals surface area contributed by atoms with Crippen molar-refractivity contribution in [1.29, 1.82) is 0 Å². The molecule has 336 valence electrons. The maximum atomic E-state index is 14.4. The van der Waals surface area contributed by atoms with Gasteiger partial charge in [0, 0.05) is 71.8 Å². The Morgan fingerprint density at radius 2 is 1.11 bits per heavy atom.